The van der Waals surface area contributed by atoms with Gasteiger partial charge >= 0.3 is 0 Å². The van der Waals surface area contributed by atoms with Crippen molar-refractivity contribution < 1.29 is 14.3 Å². The molecule has 0 saturated carbocycles. The van der Waals surface area contributed by atoms with Gasteiger partial charge in [-0.05, 0) is 12.5 Å². The molecule has 0 fully saturated rings. The summed E-state index contributed by atoms with van der Waals surface area (Å²) in [4.78, 5) is 30.2. The molecule has 1 amide bonds. The molecule has 1 aliphatic heterocycles. The average Bonchev–Trinajstić information content (AvgIpc) is 2.96. The van der Waals surface area contributed by atoms with Crippen LogP contribution in [0.25, 0.3) is 10.2 Å². The number of carbonyl (C=O) groups excluding carboxylic acids is 1. The first-order valence-electron chi connectivity index (χ1n) is 7.81. The Morgan fingerprint density at radius 2 is 2.00 bits per heavy atom. The maximum Gasteiger partial charge on any atom is 0.266 e. The maximum absolute atomic E-state index is 12.8. The van der Waals surface area contributed by atoms with Crippen LogP contribution in [-0.2, 0) is 7.05 Å². The molecule has 9 heteroatoms. The van der Waals surface area contributed by atoms with Crippen molar-refractivity contribution in [1.29, 1.82) is 0 Å². The van der Waals surface area contributed by atoms with Crippen molar-refractivity contribution in [2.75, 3.05) is 18.5 Å². The molecule has 0 radical (unpaired) electrons. The Morgan fingerprint density at radius 1 is 1.31 bits per heavy atom. The standard InChI is InChI=1S/C17H14ClN3O4S/c1-8-13-16(19-7-21(2)17(13)23)26-14(8)15(22)20-10-6-12-11(5-9(10)18)24-3-4-25-12/h5-7H,3-4H2,1-2H3,(H,20,22). The molecule has 1 aliphatic rings. The van der Waals surface area contributed by atoms with Crippen molar-refractivity contribution in [3.8, 4) is 11.5 Å². The highest BCUT2D eigenvalue weighted by Gasteiger charge is 2.21. The molecule has 26 heavy (non-hydrogen) atoms. The van der Waals surface area contributed by atoms with Crippen LogP contribution in [0, 0.1) is 6.92 Å². The second-order valence-electron chi connectivity index (χ2n) is 5.83. The zero-order valence-corrected chi connectivity index (χ0v) is 15.5. The summed E-state index contributed by atoms with van der Waals surface area (Å²) in [5, 5.41) is 3.58. The van der Waals surface area contributed by atoms with Crippen molar-refractivity contribution in [1.82, 2.24) is 9.55 Å². The topological polar surface area (TPSA) is 82.4 Å². The quantitative estimate of drug-likeness (QED) is 0.726. The number of fused-ring (bicyclic) bond motifs is 2. The van der Waals surface area contributed by atoms with Crippen molar-refractivity contribution in [2.45, 2.75) is 6.92 Å². The molecule has 0 atom stereocenters. The summed E-state index contributed by atoms with van der Waals surface area (Å²) in [7, 11) is 1.63. The summed E-state index contributed by atoms with van der Waals surface area (Å²) < 4.78 is 12.4. The number of hydrogen-bond donors (Lipinski definition) is 1. The van der Waals surface area contributed by atoms with Gasteiger partial charge in [0, 0.05) is 19.2 Å². The van der Waals surface area contributed by atoms with E-state index in [1.165, 1.54) is 22.2 Å². The van der Waals surface area contributed by atoms with Crippen LogP contribution in [0.4, 0.5) is 5.69 Å². The van der Waals surface area contributed by atoms with Gasteiger partial charge in [0.1, 0.15) is 18.0 Å². The molecule has 134 valence electrons. The molecule has 0 spiro atoms. The summed E-state index contributed by atoms with van der Waals surface area (Å²) in [6.45, 7) is 2.63. The number of benzene rings is 1. The van der Waals surface area contributed by atoms with Gasteiger partial charge in [-0.2, -0.15) is 0 Å². The minimum absolute atomic E-state index is 0.180. The molecule has 7 nitrogen and oxygen atoms in total. The molecule has 3 aromatic rings. The van der Waals surface area contributed by atoms with Gasteiger partial charge in [-0.15, -0.1) is 11.3 Å². The molecule has 0 unspecified atom stereocenters. The number of amides is 1. The van der Waals surface area contributed by atoms with Crippen molar-refractivity contribution in [2.24, 2.45) is 7.05 Å². The van der Waals surface area contributed by atoms with E-state index in [9.17, 15) is 9.59 Å². The van der Waals surface area contributed by atoms with E-state index in [0.29, 0.717) is 56.1 Å². The number of carbonyl (C=O) groups is 1. The van der Waals surface area contributed by atoms with Crippen LogP contribution in [0.15, 0.2) is 23.3 Å². The van der Waals surface area contributed by atoms with Crippen LogP contribution in [-0.4, -0.2) is 28.7 Å². The van der Waals surface area contributed by atoms with Crippen LogP contribution >= 0.6 is 22.9 Å². The lowest BCUT2D eigenvalue weighted by Gasteiger charge is -2.20. The van der Waals surface area contributed by atoms with E-state index in [2.05, 4.69) is 10.3 Å². The van der Waals surface area contributed by atoms with E-state index in [1.54, 1.807) is 26.1 Å². The van der Waals surface area contributed by atoms with Gasteiger partial charge in [-0.1, -0.05) is 11.6 Å². The van der Waals surface area contributed by atoms with Gasteiger partial charge in [0.05, 0.1) is 27.3 Å². The Balaban J connectivity index is 1.71. The Morgan fingerprint density at radius 3 is 2.73 bits per heavy atom. The third kappa shape index (κ3) is 2.71. The lowest BCUT2D eigenvalue weighted by molar-refractivity contribution is 0.103. The van der Waals surface area contributed by atoms with Gasteiger partial charge in [0.15, 0.2) is 11.5 Å². The van der Waals surface area contributed by atoms with Gasteiger partial charge < -0.3 is 19.4 Å². The Labute approximate surface area is 157 Å². The smallest absolute Gasteiger partial charge is 0.266 e. The monoisotopic (exact) mass is 391 g/mol. The van der Waals surface area contributed by atoms with Gasteiger partial charge in [0.25, 0.3) is 11.5 Å². The highest BCUT2D eigenvalue weighted by Crippen LogP contribution is 2.38. The van der Waals surface area contributed by atoms with Crippen LogP contribution in [0.2, 0.25) is 5.02 Å². The molecule has 4 rings (SSSR count). The number of hydrogen-bond acceptors (Lipinski definition) is 6. The van der Waals surface area contributed by atoms with Gasteiger partial charge in [0.2, 0.25) is 0 Å². The zero-order valence-electron chi connectivity index (χ0n) is 14.0. The summed E-state index contributed by atoms with van der Waals surface area (Å²) in [5.74, 6) is 0.718. The van der Waals surface area contributed by atoms with E-state index in [-0.39, 0.29) is 11.5 Å². The number of nitrogens with zero attached hydrogens (tertiary/aromatic N) is 2. The fraction of sp³-hybridized carbons (Fsp3) is 0.235. The number of ether oxygens (including phenoxy) is 2. The first-order chi connectivity index (χ1) is 12.5. The maximum atomic E-state index is 12.8. The largest absolute Gasteiger partial charge is 0.486 e. The molecule has 3 heterocycles. The third-order valence-corrected chi connectivity index (χ3v) is 5.61. The zero-order chi connectivity index (χ0) is 18.4. The highest BCUT2D eigenvalue weighted by atomic mass is 35.5. The lowest BCUT2D eigenvalue weighted by Crippen LogP contribution is -2.17. The molecule has 0 aliphatic carbocycles. The first kappa shape index (κ1) is 16.9. The van der Waals surface area contributed by atoms with E-state index >= 15 is 0 Å². The van der Waals surface area contributed by atoms with Crippen LogP contribution < -0.4 is 20.3 Å². The second-order valence-corrected chi connectivity index (χ2v) is 7.23. The molecule has 2 aromatic heterocycles. The minimum Gasteiger partial charge on any atom is -0.486 e. The molecule has 0 saturated heterocycles. The molecule has 0 bridgehead atoms. The third-order valence-electron chi connectivity index (χ3n) is 4.10. The second kappa shape index (κ2) is 6.30. The predicted molar refractivity (Wildman–Crippen MR) is 100.0 cm³/mol. The summed E-state index contributed by atoms with van der Waals surface area (Å²) >= 11 is 7.42. The number of aromatic nitrogens is 2. The molecule has 1 aromatic carbocycles. The van der Waals surface area contributed by atoms with E-state index < -0.39 is 0 Å². The van der Waals surface area contributed by atoms with E-state index in [0.717, 1.165) is 0 Å². The Hall–Kier alpha value is -2.58. The van der Waals surface area contributed by atoms with Crippen molar-refractivity contribution in [3.63, 3.8) is 0 Å². The predicted octanol–water partition coefficient (Wildman–Crippen LogP) is 2.98. The van der Waals surface area contributed by atoms with E-state index in [4.69, 9.17) is 21.1 Å². The fourth-order valence-electron chi connectivity index (χ4n) is 2.76. The summed E-state index contributed by atoms with van der Waals surface area (Å²) in [6.07, 6.45) is 1.44. The normalized spacial score (nSPS) is 13.0. The molecular weight excluding hydrogens is 378 g/mol. The number of halogens is 1. The van der Waals surface area contributed by atoms with Crippen LogP contribution in [0.3, 0.4) is 0 Å². The van der Waals surface area contributed by atoms with Crippen molar-refractivity contribution in [3.05, 3.63) is 44.3 Å². The Bertz CT molecular complexity index is 1110. The molecule has 1 N–H and O–H groups in total. The van der Waals surface area contributed by atoms with Gasteiger partial charge in [-0.3, -0.25) is 9.59 Å². The number of rotatable bonds is 2. The van der Waals surface area contributed by atoms with Crippen molar-refractivity contribution >= 4 is 44.7 Å². The highest BCUT2D eigenvalue weighted by molar-refractivity contribution is 7.20. The number of nitrogens with one attached hydrogen (secondary N) is 1. The number of aryl methyl sites for hydroxylation is 2. The van der Waals surface area contributed by atoms with Gasteiger partial charge in [-0.25, -0.2) is 4.98 Å². The summed E-state index contributed by atoms with van der Waals surface area (Å²) in [6, 6.07) is 3.25. The SMILES string of the molecule is Cc1c(C(=O)Nc2cc3c(cc2Cl)OCCO3)sc2ncn(C)c(=O)c12. The minimum atomic E-state index is -0.355. The molecular formula is C17H14ClN3O4S. The average molecular weight is 392 g/mol. The lowest BCUT2D eigenvalue weighted by atomic mass is 10.2. The Kier molecular flexibility index (Phi) is 4.08. The van der Waals surface area contributed by atoms with E-state index in [1.807, 2.05) is 0 Å². The van der Waals surface area contributed by atoms with Crippen LogP contribution in [0.5, 0.6) is 11.5 Å². The number of anilines is 1. The van der Waals surface area contributed by atoms with Crippen LogP contribution in [0.1, 0.15) is 15.2 Å². The first-order valence-corrected chi connectivity index (χ1v) is 9.00. The fourth-order valence-corrected chi connectivity index (χ4v) is 4.00. The summed E-state index contributed by atoms with van der Waals surface area (Å²) in [5.41, 5.74) is 0.837. The number of thiophene rings is 1.